The van der Waals surface area contributed by atoms with Gasteiger partial charge in [-0.3, -0.25) is 4.21 Å². The highest BCUT2D eigenvalue weighted by Gasteiger charge is 2.15. The SMILES string of the molecule is COc1cc2c(cc1OC)S(=O)CCC=C2. The smallest absolute Gasteiger partial charge is 0.161 e. The second-order valence-corrected chi connectivity index (χ2v) is 5.02. The van der Waals surface area contributed by atoms with E-state index in [1.54, 1.807) is 20.3 Å². The quantitative estimate of drug-likeness (QED) is 0.792. The molecule has 0 N–H and O–H groups in total. The van der Waals surface area contributed by atoms with E-state index in [9.17, 15) is 4.21 Å². The van der Waals surface area contributed by atoms with E-state index >= 15 is 0 Å². The van der Waals surface area contributed by atoms with Crippen molar-refractivity contribution in [3.8, 4) is 11.5 Å². The van der Waals surface area contributed by atoms with E-state index in [4.69, 9.17) is 9.47 Å². The minimum absolute atomic E-state index is 0.630. The Bertz CT molecular complexity index is 452. The zero-order chi connectivity index (χ0) is 11.5. The molecule has 0 saturated carbocycles. The minimum atomic E-state index is -0.953. The fourth-order valence-corrected chi connectivity index (χ4v) is 2.90. The average molecular weight is 238 g/mol. The van der Waals surface area contributed by atoms with E-state index < -0.39 is 10.8 Å². The van der Waals surface area contributed by atoms with E-state index in [2.05, 4.69) is 0 Å². The lowest BCUT2D eigenvalue weighted by molar-refractivity contribution is 0.354. The maximum atomic E-state index is 11.9. The summed E-state index contributed by atoms with van der Waals surface area (Å²) in [6, 6.07) is 3.67. The molecule has 16 heavy (non-hydrogen) atoms. The summed E-state index contributed by atoms with van der Waals surface area (Å²) in [5.74, 6) is 1.97. The Balaban J connectivity index is 2.58. The number of methoxy groups -OCH3 is 2. The molecule has 1 aliphatic rings. The number of fused-ring (bicyclic) bond motifs is 1. The summed E-state index contributed by atoms with van der Waals surface area (Å²) >= 11 is 0. The lowest BCUT2D eigenvalue weighted by Crippen LogP contribution is -1.99. The van der Waals surface area contributed by atoms with Gasteiger partial charge in [-0.05, 0) is 18.1 Å². The van der Waals surface area contributed by atoms with Gasteiger partial charge in [-0.25, -0.2) is 0 Å². The summed E-state index contributed by atoms with van der Waals surface area (Å²) in [6.07, 6.45) is 4.86. The molecule has 0 aliphatic carbocycles. The average Bonchev–Trinajstić information content (AvgIpc) is 2.49. The van der Waals surface area contributed by atoms with Crippen LogP contribution in [0.1, 0.15) is 12.0 Å². The monoisotopic (exact) mass is 238 g/mol. The van der Waals surface area contributed by atoms with Crippen LogP contribution in [0.5, 0.6) is 11.5 Å². The van der Waals surface area contributed by atoms with Crippen LogP contribution in [0, 0.1) is 0 Å². The predicted octanol–water partition coefficient (Wildman–Crippen LogP) is 2.23. The van der Waals surface area contributed by atoms with Crippen molar-refractivity contribution in [2.45, 2.75) is 11.3 Å². The Kier molecular flexibility index (Phi) is 3.29. The Labute approximate surface area is 97.5 Å². The molecule has 1 unspecified atom stereocenters. The van der Waals surface area contributed by atoms with Gasteiger partial charge in [0.05, 0.1) is 25.0 Å². The second kappa shape index (κ2) is 4.70. The molecule has 3 nitrogen and oxygen atoms in total. The number of ether oxygens (including phenoxy) is 2. The molecule has 1 atom stereocenters. The van der Waals surface area contributed by atoms with Crippen LogP contribution in [-0.2, 0) is 10.8 Å². The zero-order valence-corrected chi connectivity index (χ0v) is 10.2. The van der Waals surface area contributed by atoms with Gasteiger partial charge in [0.15, 0.2) is 11.5 Å². The zero-order valence-electron chi connectivity index (χ0n) is 9.36. The van der Waals surface area contributed by atoms with Gasteiger partial charge >= 0.3 is 0 Å². The lowest BCUT2D eigenvalue weighted by atomic mass is 10.2. The van der Waals surface area contributed by atoms with Gasteiger partial charge in [0.1, 0.15) is 0 Å². The summed E-state index contributed by atoms with van der Waals surface area (Å²) in [4.78, 5) is 0.825. The Hall–Kier alpha value is -1.29. The van der Waals surface area contributed by atoms with E-state index in [0.29, 0.717) is 17.3 Å². The van der Waals surface area contributed by atoms with E-state index in [1.165, 1.54) is 0 Å². The Morgan fingerprint density at radius 2 is 1.88 bits per heavy atom. The lowest BCUT2D eigenvalue weighted by Gasteiger charge is -2.11. The van der Waals surface area contributed by atoms with Crippen LogP contribution in [0.3, 0.4) is 0 Å². The summed E-state index contributed by atoms with van der Waals surface area (Å²) in [5, 5.41) is 0. The van der Waals surface area contributed by atoms with Crippen molar-refractivity contribution in [2.75, 3.05) is 20.0 Å². The maximum absolute atomic E-state index is 11.9. The summed E-state index contributed by atoms with van der Waals surface area (Å²) in [7, 11) is 2.23. The molecule has 1 aromatic rings. The van der Waals surface area contributed by atoms with Gasteiger partial charge in [0.25, 0.3) is 0 Å². The van der Waals surface area contributed by atoms with Crippen LogP contribution in [0.15, 0.2) is 23.1 Å². The van der Waals surface area contributed by atoms with Crippen molar-refractivity contribution < 1.29 is 13.7 Å². The minimum Gasteiger partial charge on any atom is -0.493 e. The molecular formula is C12H14O3S. The maximum Gasteiger partial charge on any atom is 0.161 e. The first-order valence-corrected chi connectivity index (χ1v) is 6.39. The number of benzene rings is 1. The highest BCUT2D eigenvalue weighted by atomic mass is 32.2. The van der Waals surface area contributed by atoms with Crippen molar-refractivity contribution in [2.24, 2.45) is 0 Å². The van der Waals surface area contributed by atoms with Crippen LogP contribution < -0.4 is 9.47 Å². The largest absolute Gasteiger partial charge is 0.493 e. The van der Waals surface area contributed by atoms with Gasteiger partial charge in [-0.15, -0.1) is 0 Å². The third-order valence-electron chi connectivity index (χ3n) is 2.53. The van der Waals surface area contributed by atoms with Crippen molar-refractivity contribution in [3.63, 3.8) is 0 Å². The first kappa shape index (κ1) is 11.2. The standard InChI is InChI=1S/C12H14O3S/c1-14-10-7-9-5-3-4-6-16(13)12(9)8-11(10)15-2/h3,5,7-8H,4,6H2,1-2H3. The van der Waals surface area contributed by atoms with Gasteiger partial charge in [0.2, 0.25) is 0 Å². The normalized spacial score (nSPS) is 18.8. The predicted molar refractivity (Wildman–Crippen MR) is 64.5 cm³/mol. The van der Waals surface area contributed by atoms with Gasteiger partial charge in [0, 0.05) is 16.7 Å². The molecule has 0 amide bonds. The number of hydrogen-bond acceptors (Lipinski definition) is 3. The molecule has 1 aliphatic heterocycles. The fourth-order valence-electron chi connectivity index (χ4n) is 1.70. The van der Waals surface area contributed by atoms with Crippen LogP contribution in [0.2, 0.25) is 0 Å². The van der Waals surface area contributed by atoms with Crippen molar-refractivity contribution in [1.29, 1.82) is 0 Å². The molecule has 0 bridgehead atoms. The molecular weight excluding hydrogens is 224 g/mol. The van der Waals surface area contributed by atoms with E-state index in [0.717, 1.165) is 16.9 Å². The molecule has 1 aromatic carbocycles. The van der Waals surface area contributed by atoms with Crippen LogP contribution >= 0.6 is 0 Å². The van der Waals surface area contributed by atoms with Gasteiger partial charge in [-0.2, -0.15) is 0 Å². The molecule has 0 spiro atoms. The molecule has 0 fully saturated rings. The molecule has 4 heteroatoms. The van der Waals surface area contributed by atoms with E-state index in [-0.39, 0.29) is 0 Å². The van der Waals surface area contributed by atoms with Crippen molar-refractivity contribution in [1.82, 2.24) is 0 Å². The topological polar surface area (TPSA) is 35.5 Å². The Morgan fingerprint density at radius 1 is 1.19 bits per heavy atom. The molecule has 86 valence electrons. The number of hydrogen-bond donors (Lipinski definition) is 0. The van der Waals surface area contributed by atoms with Crippen LogP contribution in [0.4, 0.5) is 0 Å². The highest BCUT2D eigenvalue weighted by molar-refractivity contribution is 7.85. The number of allylic oxidation sites excluding steroid dienone is 1. The van der Waals surface area contributed by atoms with Crippen molar-refractivity contribution >= 4 is 16.9 Å². The molecule has 0 radical (unpaired) electrons. The molecule has 0 saturated heterocycles. The summed E-state index contributed by atoms with van der Waals surface area (Å²) in [5.41, 5.74) is 0.952. The van der Waals surface area contributed by atoms with E-state index in [1.807, 2.05) is 18.2 Å². The number of rotatable bonds is 2. The third-order valence-corrected chi connectivity index (χ3v) is 3.98. The summed E-state index contributed by atoms with van der Waals surface area (Å²) < 4.78 is 22.4. The fraction of sp³-hybridized carbons (Fsp3) is 0.333. The first-order chi connectivity index (χ1) is 7.76. The molecule has 2 rings (SSSR count). The van der Waals surface area contributed by atoms with Crippen LogP contribution in [0.25, 0.3) is 6.08 Å². The Morgan fingerprint density at radius 3 is 2.56 bits per heavy atom. The summed E-state index contributed by atoms with van der Waals surface area (Å²) in [6.45, 7) is 0. The van der Waals surface area contributed by atoms with Gasteiger partial charge < -0.3 is 9.47 Å². The second-order valence-electron chi connectivity index (χ2n) is 3.49. The molecule has 1 heterocycles. The first-order valence-electron chi connectivity index (χ1n) is 5.07. The highest BCUT2D eigenvalue weighted by Crippen LogP contribution is 2.33. The molecule has 0 aromatic heterocycles. The van der Waals surface area contributed by atoms with Gasteiger partial charge in [-0.1, -0.05) is 12.2 Å². The third kappa shape index (κ3) is 1.97. The van der Waals surface area contributed by atoms with Crippen LogP contribution in [-0.4, -0.2) is 24.2 Å². The van der Waals surface area contributed by atoms with Crippen molar-refractivity contribution in [3.05, 3.63) is 23.8 Å².